The van der Waals surface area contributed by atoms with E-state index in [9.17, 15) is 0 Å². The fraction of sp³-hybridized carbons (Fsp3) is 0.296. The predicted octanol–water partition coefficient (Wildman–Crippen LogP) is 6.80. The van der Waals surface area contributed by atoms with Crippen LogP contribution in [0, 0.1) is 0 Å². The first-order valence-electron chi connectivity index (χ1n) is 10.9. The SMILES string of the molecule is CC1=CC(C)=C(c2nc3cc(C(C)(C)C)ncc3c3nc4ccccc4n23)C(C)=CC1. The molecule has 1 aromatic carbocycles. The monoisotopic (exact) mass is 408 g/mol. The first-order valence-corrected chi connectivity index (χ1v) is 10.9. The van der Waals surface area contributed by atoms with Crippen molar-refractivity contribution in [3.8, 4) is 0 Å². The van der Waals surface area contributed by atoms with Crippen LogP contribution in [0.1, 0.15) is 59.5 Å². The van der Waals surface area contributed by atoms with Gasteiger partial charge >= 0.3 is 0 Å². The van der Waals surface area contributed by atoms with Crippen LogP contribution in [0.3, 0.4) is 0 Å². The average Bonchev–Trinajstić information content (AvgIpc) is 3.05. The molecular weight excluding hydrogens is 380 g/mol. The number of hydrogen-bond donors (Lipinski definition) is 0. The van der Waals surface area contributed by atoms with Gasteiger partial charge in [-0.2, -0.15) is 0 Å². The van der Waals surface area contributed by atoms with E-state index in [1.165, 1.54) is 22.3 Å². The summed E-state index contributed by atoms with van der Waals surface area (Å²) in [6, 6.07) is 10.4. The Kier molecular flexibility index (Phi) is 4.37. The molecule has 4 nitrogen and oxygen atoms in total. The van der Waals surface area contributed by atoms with Crippen LogP contribution in [0.5, 0.6) is 0 Å². The summed E-state index contributed by atoms with van der Waals surface area (Å²) in [7, 11) is 0. The smallest absolute Gasteiger partial charge is 0.150 e. The molecule has 0 atom stereocenters. The van der Waals surface area contributed by atoms with E-state index in [1.807, 2.05) is 12.3 Å². The molecule has 5 rings (SSSR count). The second kappa shape index (κ2) is 6.88. The van der Waals surface area contributed by atoms with Crippen LogP contribution in [-0.4, -0.2) is 19.4 Å². The number of para-hydroxylation sites is 2. The maximum Gasteiger partial charge on any atom is 0.150 e. The number of benzene rings is 1. The van der Waals surface area contributed by atoms with Crippen molar-refractivity contribution < 1.29 is 0 Å². The van der Waals surface area contributed by atoms with E-state index in [1.54, 1.807) is 0 Å². The molecule has 4 heteroatoms. The Morgan fingerprint density at radius 1 is 0.968 bits per heavy atom. The summed E-state index contributed by atoms with van der Waals surface area (Å²) in [5, 5.41) is 0.980. The largest absolute Gasteiger partial charge is 0.276 e. The zero-order valence-corrected chi connectivity index (χ0v) is 19.1. The van der Waals surface area contributed by atoms with Gasteiger partial charge in [-0.25, -0.2) is 9.97 Å². The van der Waals surface area contributed by atoms with Gasteiger partial charge in [-0.05, 0) is 56.5 Å². The summed E-state index contributed by atoms with van der Waals surface area (Å²) in [4.78, 5) is 15.0. The molecule has 1 aliphatic rings. The molecule has 0 fully saturated rings. The van der Waals surface area contributed by atoms with Gasteiger partial charge in [0, 0.05) is 22.9 Å². The first kappa shape index (κ1) is 19.7. The Morgan fingerprint density at radius 2 is 1.74 bits per heavy atom. The average molecular weight is 409 g/mol. The lowest BCUT2D eigenvalue weighted by Crippen LogP contribution is -2.14. The molecule has 0 saturated heterocycles. The zero-order valence-electron chi connectivity index (χ0n) is 19.1. The van der Waals surface area contributed by atoms with Crippen molar-refractivity contribution in [3.05, 3.63) is 76.9 Å². The van der Waals surface area contributed by atoms with Gasteiger partial charge in [0.2, 0.25) is 0 Å². The molecule has 31 heavy (non-hydrogen) atoms. The molecule has 0 saturated carbocycles. The van der Waals surface area contributed by atoms with Crippen LogP contribution >= 0.6 is 0 Å². The molecule has 0 unspecified atom stereocenters. The Balaban J connectivity index is 1.97. The van der Waals surface area contributed by atoms with E-state index in [0.717, 1.165) is 45.5 Å². The molecule has 4 aromatic rings. The first-order chi connectivity index (χ1) is 14.7. The van der Waals surface area contributed by atoms with Gasteiger partial charge in [-0.1, -0.05) is 50.6 Å². The second-order valence-electron chi connectivity index (χ2n) is 9.67. The molecule has 156 valence electrons. The van der Waals surface area contributed by atoms with Crippen LogP contribution in [0.15, 0.2) is 65.4 Å². The van der Waals surface area contributed by atoms with Crippen molar-refractivity contribution in [3.63, 3.8) is 0 Å². The van der Waals surface area contributed by atoms with Gasteiger partial charge in [0.1, 0.15) is 5.82 Å². The highest BCUT2D eigenvalue weighted by atomic mass is 15.1. The molecule has 3 heterocycles. The quantitative estimate of drug-likeness (QED) is 0.348. The summed E-state index contributed by atoms with van der Waals surface area (Å²) >= 11 is 0. The van der Waals surface area contributed by atoms with Crippen molar-refractivity contribution in [2.24, 2.45) is 0 Å². The third-order valence-electron chi connectivity index (χ3n) is 6.10. The lowest BCUT2D eigenvalue weighted by molar-refractivity contribution is 0.570. The number of fused-ring (bicyclic) bond motifs is 5. The highest BCUT2D eigenvalue weighted by molar-refractivity contribution is 5.98. The molecule has 0 N–H and O–H groups in total. The molecule has 0 radical (unpaired) electrons. The van der Waals surface area contributed by atoms with Gasteiger partial charge in [0.15, 0.2) is 5.65 Å². The van der Waals surface area contributed by atoms with Crippen LogP contribution in [0.25, 0.3) is 33.2 Å². The minimum atomic E-state index is -0.0462. The zero-order chi connectivity index (χ0) is 21.9. The lowest BCUT2D eigenvalue weighted by Gasteiger charge is -2.19. The third-order valence-corrected chi connectivity index (χ3v) is 6.10. The van der Waals surface area contributed by atoms with Gasteiger partial charge < -0.3 is 0 Å². The highest BCUT2D eigenvalue weighted by Crippen LogP contribution is 2.35. The minimum Gasteiger partial charge on any atom is -0.276 e. The Bertz CT molecular complexity index is 1460. The van der Waals surface area contributed by atoms with E-state index < -0.39 is 0 Å². The van der Waals surface area contributed by atoms with E-state index >= 15 is 0 Å². The molecular formula is C27H28N4. The van der Waals surface area contributed by atoms with E-state index in [-0.39, 0.29) is 5.41 Å². The van der Waals surface area contributed by atoms with Crippen molar-refractivity contribution in [1.29, 1.82) is 0 Å². The van der Waals surface area contributed by atoms with E-state index in [2.05, 4.69) is 82.4 Å². The molecule has 0 aliphatic heterocycles. The predicted molar refractivity (Wildman–Crippen MR) is 129 cm³/mol. The molecule has 0 spiro atoms. The Hall–Kier alpha value is -3.27. The Morgan fingerprint density at radius 3 is 2.52 bits per heavy atom. The van der Waals surface area contributed by atoms with E-state index in [0.29, 0.717) is 0 Å². The molecule has 0 amide bonds. The number of aromatic nitrogens is 4. The molecule has 0 bridgehead atoms. The number of pyridine rings is 1. The van der Waals surface area contributed by atoms with Gasteiger partial charge in [-0.15, -0.1) is 0 Å². The third kappa shape index (κ3) is 3.18. The molecule has 1 aliphatic carbocycles. The second-order valence-corrected chi connectivity index (χ2v) is 9.67. The minimum absolute atomic E-state index is 0.0462. The number of imidazole rings is 1. The normalized spacial score (nSPS) is 15.5. The van der Waals surface area contributed by atoms with Crippen molar-refractivity contribution in [2.45, 2.75) is 53.4 Å². The van der Waals surface area contributed by atoms with Gasteiger partial charge in [0.25, 0.3) is 0 Å². The number of rotatable bonds is 1. The van der Waals surface area contributed by atoms with Crippen molar-refractivity contribution in [2.75, 3.05) is 0 Å². The van der Waals surface area contributed by atoms with Gasteiger partial charge in [-0.3, -0.25) is 9.38 Å². The van der Waals surface area contributed by atoms with Crippen LogP contribution < -0.4 is 0 Å². The fourth-order valence-electron chi connectivity index (χ4n) is 4.45. The molecule has 3 aromatic heterocycles. The number of hydrogen-bond acceptors (Lipinski definition) is 3. The van der Waals surface area contributed by atoms with Crippen molar-refractivity contribution >= 4 is 33.2 Å². The van der Waals surface area contributed by atoms with Crippen LogP contribution in [0.2, 0.25) is 0 Å². The maximum atomic E-state index is 5.25. The number of allylic oxidation sites excluding steroid dienone is 6. The van der Waals surface area contributed by atoms with Crippen LogP contribution in [-0.2, 0) is 5.41 Å². The fourth-order valence-corrected chi connectivity index (χ4v) is 4.45. The highest BCUT2D eigenvalue weighted by Gasteiger charge is 2.22. The van der Waals surface area contributed by atoms with E-state index in [4.69, 9.17) is 15.0 Å². The summed E-state index contributed by atoms with van der Waals surface area (Å²) in [5.41, 5.74) is 9.91. The van der Waals surface area contributed by atoms with Gasteiger partial charge in [0.05, 0.1) is 21.9 Å². The standard InChI is InChI=1S/C27H28N4/c1-16-11-12-17(2)24(18(3)13-16)26-30-21-14-23(27(4,5)6)28-15-19(21)25-29-20-9-7-8-10-22(20)31(25)26/h7-10,12-15H,11H2,1-6H3. The topological polar surface area (TPSA) is 43.1 Å². The summed E-state index contributed by atoms with van der Waals surface area (Å²) < 4.78 is 2.21. The maximum absolute atomic E-state index is 5.25. The summed E-state index contributed by atoms with van der Waals surface area (Å²) in [6.45, 7) is 13.1. The van der Waals surface area contributed by atoms with Crippen LogP contribution in [0.4, 0.5) is 0 Å². The lowest BCUT2D eigenvalue weighted by atomic mass is 9.91. The summed E-state index contributed by atoms with van der Waals surface area (Å²) in [5.74, 6) is 0.944. The number of nitrogens with zero attached hydrogens (tertiary/aromatic N) is 4. The van der Waals surface area contributed by atoms with Crippen molar-refractivity contribution in [1.82, 2.24) is 19.4 Å². The Labute approximate surface area is 183 Å². The summed E-state index contributed by atoms with van der Waals surface area (Å²) in [6.07, 6.45) is 7.50.